The molecule has 0 saturated heterocycles. The average molecular weight is 300 g/mol. The number of carbonyl (C=O) groups is 2. The first kappa shape index (κ1) is 19.7. The molecule has 2 amide bonds. The lowest BCUT2D eigenvalue weighted by Gasteiger charge is -2.26. The molecule has 0 spiro atoms. The summed E-state index contributed by atoms with van der Waals surface area (Å²) in [6.45, 7) is 7.29. The van der Waals surface area contributed by atoms with Gasteiger partial charge in [-0.2, -0.15) is 0 Å². The van der Waals surface area contributed by atoms with Gasteiger partial charge in [-0.1, -0.05) is 39.0 Å². The van der Waals surface area contributed by atoms with E-state index in [1.807, 2.05) is 13.8 Å². The summed E-state index contributed by atoms with van der Waals surface area (Å²) in [5.41, 5.74) is 0. The molecular formula is C16H32N2O3. The van der Waals surface area contributed by atoms with E-state index in [-0.39, 0.29) is 18.5 Å². The summed E-state index contributed by atoms with van der Waals surface area (Å²) in [5, 5.41) is 11.6. The van der Waals surface area contributed by atoms with Crippen LogP contribution in [0.5, 0.6) is 0 Å². The smallest absolute Gasteiger partial charge is 0.317 e. The molecule has 2 N–H and O–H groups in total. The molecule has 0 radical (unpaired) electrons. The first-order valence-electron chi connectivity index (χ1n) is 8.25. The highest BCUT2D eigenvalue weighted by molar-refractivity contribution is 5.74. The molecule has 124 valence electrons. The molecule has 0 aromatic carbocycles. The molecule has 0 aromatic rings. The van der Waals surface area contributed by atoms with Gasteiger partial charge >= 0.3 is 12.0 Å². The van der Waals surface area contributed by atoms with Crippen LogP contribution in [0.3, 0.4) is 0 Å². The molecule has 5 heteroatoms. The molecule has 0 atom stereocenters. The van der Waals surface area contributed by atoms with E-state index in [2.05, 4.69) is 12.2 Å². The number of carboxylic acids is 1. The number of amides is 2. The van der Waals surface area contributed by atoms with Crippen molar-refractivity contribution >= 4 is 12.0 Å². The van der Waals surface area contributed by atoms with Crippen molar-refractivity contribution in [2.24, 2.45) is 0 Å². The van der Waals surface area contributed by atoms with Crippen LogP contribution in [-0.2, 0) is 4.79 Å². The van der Waals surface area contributed by atoms with Crippen LogP contribution < -0.4 is 5.32 Å². The fourth-order valence-electron chi connectivity index (χ4n) is 2.20. The number of aliphatic carboxylic acids is 1. The van der Waals surface area contributed by atoms with Gasteiger partial charge in [-0.3, -0.25) is 4.79 Å². The summed E-state index contributed by atoms with van der Waals surface area (Å²) in [5.74, 6) is -0.814. The van der Waals surface area contributed by atoms with Gasteiger partial charge in [0.15, 0.2) is 0 Å². The van der Waals surface area contributed by atoms with Gasteiger partial charge in [0.1, 0.15) is 0 Å². The van der Waals surface area contributed by atoms with E-state index in [9.17, 15) is 9.59 Å². The Bertz CT molecular complexity index is 293. The Morgan fingerprint density at radius 2 is 1.67 bits per heavy atom. The number of carboxylic acid groups (broad SMARTS) is 1. The van der Waals surface area contributed by atoms with Crippen LogP contribution in [0.4, 0.5) is 4.79 Å². The molecule has 0 aromatic heterocycles. The van der Waals surface area contributed by atoms with Crippen LogP contribution in [0, 0.1) is 0 Å². The van der Waals surface area contributed by atoms with Gasteiger partial charge in [0, 0.05) is 25.6 Å². The minimum atomic E-state index is -0.814. The first-order chi connectivity index (χ1) is 9.99. The predicted molar refractivity (Wildman–Crippen MR) is 85.5 cm³/mol. The number of rotatable bonds is 12. The Morgan fingerprint density at radius 1 is 1.05 bits per heavy atom. The third-order valence-electron chi connectivity index (χ3n) is 3.48. The molecule has 0 bridgehead atoms. The lowest BCUT2D eigenvalue weighted by Crippen LogP contribution is -2.44. The zero-order chi connectivity index (χ0) is 16.1. The third kappa shape index (κ3) is 11.1. The van der Waals surface area contributed by atoms with Crippen molar-refractivity contribution in [2.75, 3.05) is 13.1 Å². The Morgan fingerprint density at radius 3 is 2.24 bits per heavy atom. The Labute approximate surface area is 129 Å². The van der Waals surface area contributed by atoms with Gasteiger partial charge < -0.3 is 15.3 Å². The second kappa shape index (κ2) is 12.5. The van der Waals surface area contributed by atoms with Crippen LogP contribution in [-0.4, -0.2) is 41.1 Å². The molecule has 5 nitrogen and oxygen atoms in total. The summed E-state index contributed by atoms with van der Waals surface area (Å²) in [6, 6.07) is 0.00676. The van der Waals surface area contributed by atoms with E-state index >= 15 is 0 Å². The van der Waals surface area contributed by atoms with Crippen molar-refractivity contribution < 1.29 is 14.7 Å². The number of urea groups is 1. The third-order valence-corrected chi connectivity index (χ3v) is 3.48. The number of nitrogens with one attached hydrogen (secondary N) is 1. The second-order valence-corrected chi connectivity index (χ2v) is 5.78. The normalized spacial score (nSPS) is 10.7. The fraction of sp³-hybridized carbons (Fsp3) is 0.875. The van der Waals surface area contributed by atoms with Crippen molar-refractivity contribution in [3.63, 3.8) is 0 Å². The quantitative estimate of drug-likeness (QED) is 0.541. The Balaban J connectivity index is 3.83. The number of unbranched alkanes of at least 4 members (excludes halogenated alkanes) is 5. The van der Waals surface area contributed by atoms with E-state index in [1.165, 1.54) is 25.7 Å². The number of hydrogen-bond donors (Lipinski definition) is 2. The lowest BCUT2D eigenvalue weighted by molar-refractivity contribution is -0.137. The van der Waals surface area contributed by atoms with Crippen LogP contribution >= 0.6 is 0 Å². The second-order valence-electron chi connectivity index (χ2n) is 5.78. The van der Waals surface area contributed by atoms with Gasteiger partial charge in [0.2, 0.25) is 0 Å². The maximum atomic E-state index is 12.1. The van der Waals surface area contributed by atoms with Crippen molar-refractivity contribution in [3.05, 3.63) is 0 Å². The molecule has 0 aliphatic rings. The van der Waals surface area contributed by atoms with Gasteiger partial charge in [-0.15, -0.1) is 0 Å². The van der Waals surface area contributed by atoms with E-state index < -0.39 is 5.97 Å². The minimum absolute atomic E-state index is 0.0797. The van der Waals surface area contributed by atoms with Crippen molar-refractivity contribution in [2.45, 2.75) is 78.2 Å². The maximum Gasteiger partial charge on any atom is 0.317 e. The highest BCUT2D eigenvalue weighted by Crippen LogP contribution is 2.05. The van der Waals surface area contributed by atoms with Crippen molar-refractivity contribution in [3.8, 4) is 0 Å². The Hall–Kier alpha value is -1.26. The topological polar surface area (TPSA) is 69.6 Å². The first-order valence-corrected chi connectivity index (χ1v) is 8.25. The van der Waals surface area contributed by atoms with Gasteiger partial charge in [-0.05, 0) is 26.7 Å². The predicted octanol–water partition coefficient (Wildman–Crippen LogP) is 3.63. The lowest BCUT2D eigenvalue weighted by atomic mass is 10.1. The fourth-order valence-corrected chi connectivity index (χ4v) is 2.20. The number of carbonyl (C=O) groups excluding carboxylic acids is 1. The summed E-state index contributed by atoms with van der Waals surface area (Å²) in [6.07, 6.45) is 7.81. The molecule has 0 saturated carbocycles. The zero-order valence-electron chi connectivity index (χ0n) is 13.9. The standard InChI is InChI=1S/C16H32N2O3/c1-4-5-6-7-8-9-12-17-16(21)18(14(2)3)13-10-11-15(19)20/h14H,4-13H2,1-3H3,(H,17,21)(H,19,20). The van der Waals surface area contributed by atoms with Crippen LogP contribution in [0.1, 0.15) is 72.1 Å². The van der Waals surface area contributed by atoms with Gasteiger partial charge in [0.05, 0.1) is 0 Å². The largest absolute Gasteiger partial charge is 0.481 e. The average Bonchev–Trinajstić information content (AvgIpc) is 2.41. The van der Waals surface area contributed by atoms with E-state index in [0.29, 0.717) is 19.5 Å². The van der Waals surface area contributed by atoms with Crippen LogP contribution in [0.25, 0.3) is 0 Å². The zero-order valence-corrected chi connectivity index (χ0v) is 13.9. The summed E-state index contributed by atoms with van der Waals surface area (Å²) in [4.78, 5) is 24.3. The summed E-state index contributed by atoms with van der Waals surface area (Å²) in [7, 11) is 0. The summed E-state index contributed by atoms with van der Waals surface area (Å²) >= 11 is 0. The van der Waals surface area contributed by atoms with Crippen molar-refractivity contribution in [1.29, 1.82) is 0 Å². The van der Waals surface area contributed by atoms with E-state index in [4.69, 9.17) is 5.11 Å². The van der Waals surface area contributed by atoms with Crippen LogP contribution in [0.2, 0.25) is 0 Å². The summed E-state index contributed by atoms with van der Waals surface area (Å²) < 4.78 is 0. The number of hydrogen-bond acceptors (Lipinski definition) is 2. The molecule has 0 rings (SSSR count). The molecular weight excluding hydrogens is 268 g/mol. The SMILES string of the molecule is CCCCCCCCNC(=O)N(CCCC(=O)O)C(C)C. The van der Waals surface area contributed by atoms with Gasteiger partial charge in [-0.25, -0.2) is 4.79 Å². The molecule has 21 heavy (non-hydrogen) atoms. The van der Waals surface area contributed by atoms with E-state index in [1.54, 1.807) is 4.90 Å². The van der Waals surface area contributed by atoms with E-state index in [0.717, 1.165) is 12.8 Å². The highest BCUT2D eigenvalue weighted by atomic mass is 16.4. The molecule has 0 unspecified atom stereocenters. The molecule has 0 aliphatic heterocycles. The minimum Gasteiger partial charge on any atom is -0.481 e. The van der Waals surface area contributed by atoms with Crippen molar-refractivity contribution in [1.82, 2.24) is 10.2 Å². The molecule has 0 heterocycles. The monoisotopic (exact) mass is 300 g/mol. The molecule has 0 aliphatic carbocycles. The van der Waals surface area contributed by atoms with Gasteiger partial charge in [0.25, 0.3) is 0 Å². The number of nitrogens with zero attached hydrogens (tertiary/aromatic N) is 1. The van der Waals surface area contributed by atoms with Crippen LogP contribution in [0.15, 0.2) is 0 Å². The maximum absolute atomic E-state index is 12.1. The Kier molecular flexibility index (Phi) is 11.7. The molecule has 0 fully saturated rings. The highest BCUT2D eigenvalue weighted by Gasteiger charge is 2.16.